The third kappa shape index (κ3) is 3.60. The second kappa shape index (κ2) is 7.37. The van der Waals surface area contributed by atoms with E-state index in [2.05, 4.69) is 20.2 Å². The Bertz CT molecular complexity index is 710. The van der Waals surface area contributed by atoms with E-state index in [9.17, 15) is 4.79 Å². The summed E-state index contributed by atoms with van der Waals surface area (Å²) in [5, 5.41) is 3.18. The van der Waals surface area contributed by atoms with Crippen molar-refractivity contribution < 1.29 is 9.53 Å². The van der Waals surface area contributed by atoms with Gasteiger partial charge in [0.25, 0.3) is 5.91 Å². The predicted molar refractivity (Wildman–Crippen MR) is 95.3 cm³/mol. The Morgan fingerprint density at radius 1 is 1.24 bits per heavy atom. The molecule has 0 bridgehead atoms. The zero-order valence-electron chi connectivity index (χ0n) is 14.3. The van der Waals surface area contributed by atoms with E-state index < -0.39 is 0 Å². The highest BCUT2D eigenvalue weighted by Crippen LogP contribution is 2.20. The molecule has 132 valence electrons. The molecule has 0 aliphatic carbocycles. The minimum Gasteiger partial charge on any atom is -0.378 e. The summed E-state index contributed by atoms with van der Waals surface area (Å²) in [6, 6.07) is 7.90. The summed E-state index contributed by atoms with van der Waals surface area (Å²) in [5.41, 5.74) is 1.56. The number of aromatic nitrogens is 2. The fraction of sp³-hybridized carbons (Fsp3) is 0.474. The number of carbonyl (C=O) groups excluding carboxylic acids is 1. The third-order valence-corrected chi connectivity index (χ3v) is 5.12. The quantitative estimate of drug-likeness (QED) is 0.894. The molecule has 3 heterocycles. The molecule has 25 heavy (non-hydrogen) atoms. The van der Waals surface area contributed by atoms with Crippen molar-refractivity contribution in [3.05, 3.63) is 42.2 Å². The van der Waals surface area contributed by atoms with Crippen LogP contribution < -0.4 is 5.32 Å². The summed E-state index contributed by atoms with van der Waals surface area (Å²) in [6.07, 6.45) is 7.27. The number of rotatable bonds is 4. The van der Waals surface area contributed by atoms with Gasteiger partial charge in [0.2, 0.25) is 0 Å². The van der Waals surface area contributed by atoms with Gasteiger partial charge < -0.3 is 15.0 Å². The van der Waals surface area contributed by atoms with Gasteiger partial charge in [-0.25, -0.2) is 4.98 Å². The number of amides is 1. The lowest BCUT2D eigenvalue weighted by Crippen LogP contribution is -2.52. The maximum absolute atomic E-state index is 12.7. The number of ether oxygens (including phenoxy) is 1. The molecule has 0 radical (unpaired) electrons. The number of carbonyl (C=O) groups is 1. The molecule has 1 aromatic heterocycles. The number of H-pyrrole nitrogens is 1. The molecule has 0 spiro atoms. The molecule has 2 aromatic rings. The predicted octanol–water partition coefficient (Wildman–Crippen LogP) is 2.06. The van der Waals surface area contributed by atoms with Crippen LogP contribution in [0.1, 0.15) is 29.6 Å². The first-order valence-electron chi connectivity index (χ1n) is 9.04. The van der Waals surface area contributed by atoms with Gasteiger partial charge in [0.15, 0.2) is 0 Å². The Kier molecular flexibility index (Phi) is 4.81. The van der Waals surface area contributed by atoms with Gasteiger partial charge in [-0.05, 0) is 38.1 Å². The van der Waals surface area contributed by atoms with Gasteiger partial charge in [-0.2, -0.15) is 0 Å². The zero-order valence-corrected chi connectivity index (χ0v) is 14.3. The standard InChI is InChI=1S/C19H24N4O2/c24-19(15-6-4-5-14(11-15)18-20-7-8-21-18)22-16-12-25-13-17(16)23-9-2-1-3-10-23/h4-8,11,16-17H,1-3,9-10,12-13H2,(H,20,21)(H,22,24)/t16-,17-/m0/s1. The van der Waals surface area contributed by atoms with Crippen molar-refractivity contribution in [3.63, 3.8) is 0 Å². The van der Waals surface area contributed by atoms with Crippen molar-refractivity contribution in [1.82, 2.24) is 20.2 Å². The molecule has 0 unspecified atom stereocenters. The van der Waals surface area contributed by atoms with Crippen molar-refractivity contribution >= 4 is 5.91 Å². The minimum atomic E-state index is -0.0501. The second-order valence-electron chi connectivity index (χ2n) is 6.80. The van der Waals surface area contributed by atoms with Crippen LogP contribution in [-0.2, 0) is 4.74 Å². The van der Waals surface area contributed by atoms with Crippen molar-refractivity contribution in [1.29, 1.82) is 0 Å². The van der Waals surface area contributed by atoms with Crippen LogP contribution in [0.3, 0.4) is 0 Å². The van der Waals surface area contributed by atoms with E-state index in [1.807, 2.05) is 24.3 Å². The Labute approximate surface area is 147 Å². The topological polar surface area (TPSA) is 70.2 Å². The van der Waals surface area contributed by atoms with E-state index in [1.165, 1.54) is 19.3 Å². The lowest BCUT2D eigenvalue weighted by atomic mass is 10.0. The van der Waals surface area contributed by atoms with Crippen LogP contribution in [0.25, 0.3) is 11.4 Å². The van der Waals surface area contributed by atoms with Crippen molar-refractivity contribution in [2.45, 2.75) is 31.3 Å². The van der Waals surface area contributed by atoms with Crippen molar-refractivity contribution in [3.8, 4) is 11.4 Å². The largest absolute Gasteiger partial charge is 0.378 e. The number of likely N-dealkylation sites (tertiary alicyclic amines) is 1. The average molecular weight is 340 g/mol. The number of imidazole rings is 1. The monoisotopic (exact) mass is 340 g/mol. The van der Waals surface area contributed by atoms with Crippen LogP contribution in [-0.4, -0.2) is 59.2 Å². The highest BCUT2D eigenvalue weighted by molar-refractivity contribution is 5.95. The number of piperidine rings is 1. The van der Waals surface area contributed by atoms with E-state index in [0.717, 1.165) is 24.5 Å². The third-order valence-electron chi connectivity index (χ3n) is 5.12. The van der Waals surface area contributed by atoms with Crippen molar-refractivity contribution in [2.24, 2.45) is 0 Å². The van der Waals surface area contributed by atoms with Crippen molar-refractivity contribution in [2.75, 3.05) is 26.3 Å². The molecule has 0 saturated carbocycles. The number of benzene rings is 1. The molecule has 1 aromatic carbocycles. The number of nitrogens with one attached hydrogen (secondary N) is 2. The number of aromatic amines is 1. The fourth-order valence-corrected chi connectivity index (χ4v) is 3.77. The summed E-state index contributed by atoms with van der Waals surface area (Å²) in [7, 11) is 0. The Balaban J connectivity index is 1.45. The summed E-state index contributed by atoms with van der Waals surface area (Å²) in [6.45, 7) is 3.50. The first-order valence-corrected chi connectivity index (χ1v) is 9.04. The van der Waals surface area contributed by atoms with Gasteiger partial charge in [0, 0.05) is 23.5 Å². The van der Waals surface area contributed by atoms with Crippen LogP contribution >= 0.6 is 0 Å². The zero-order chi connectivity index (χ0) is 17.1. The molecule has 4 rings (SSSR count). The van der Waals surface area contributed by atoms with Gasteiger partial charge in [-0.1, -0.05) is 18.6 Å². The molecule has 2 atom stereocenters. The van der Waals surface area contributed by atoms with E-state index in [0.29, 0.717) is 18.8 Å². The molecule has 6 heteroatoms. The minimum absolute atomic E-state index is 0.0501. The molecule has 1 amide bonds. The van der Waals surface area contributed by atoms with Gasteiger partial charge >= 0.3 is 0 Å². The number of hydrogen-bond acceptors (Lipinski definition) is 4. The van der Waals surface area contributed by atoms with Crippen LogP contribution in [0, 0.1) is 0 Å². The molecule has 2 N–H and O–H groups in total. The van der Waals surface area contributed by atoms with Gasteiger partial charge in [0.1, 0.15) is 5.82 Å². The molecular weight excluding hydrogens is 316 g/mol. The SMILES string of the molecule is O=C(N[C@H]1COC[C@@H]1N1CCCCC1)c1cccc(-c2ncc[nH]2)c1. The smallest absolute Gasteiger partial charge is 0.251 e. The molecular formula is C19H24N4O2. The maximum Gasteiger partial charge on any atom is 0.251 e. The molecule has 2 saturated heterocycles. The van der Waals surface area contributed by atoms with E-state index in [-0.39, 0.29) is 18.0 Å². The normalized spacial score (nSPS) is 24.3. The first-order chi connectivity index (χ1) is 12.3. The average Bonchev–Trinajstić information content (AvgIpc) is 3.34. The van der Waals surface area contributed by atoms with Crippen LogP contribution in [0.5, 0.6) is 0 Å². The van der Waals surface area contributed by atoms with Crippen LogP contribution in [0.2, 0.25) is 0 Å². The molecule has 2 aliphatic rings. The fourth-order valence-electron chi connectivity index (χ4n) is 3.77. The summed E-state index contributed by atoms with van der Waals surface area (Å²) < 4.78 is 5.67. The van der Waals surface area contributed by atoms with Crippen LogP contribution in [0.15, 0.2) is 36.7 Å². The second-order valence-corrected chi connectivity index (χ2v) is 6.80. The van der Waals surface area contributed by atoms with E-state index >= 15 is 0 Å². The Hall–Kier alpha value is -2.18. The van der Waals surface area contributed by atoms with Gasteiger partial charge in [0.05, 0.1) is 25.3 Å². The number of hydrogen-bond donors (Lipinski definition) is 2. The highest BCUT2D eigenvalue weighted by atomic mass is 16.5. The van der Waals surface area contributed by atoms with Gasteiger partial charge in [-0.3, -0.25) is 9.69 Å². The summed E-state index contributed by atoms with van der Waals surface area (Å²) in [4.78, 5) is 22.5. The molecule has 6 nitrogen and oxygen atoms in total. The number of nitrogens with zero attached hydrogens (tertiary/aromatic N) is 2. The first kappa shape index (κ1) is 16.3. The van der Waals surface area contributed by atoms with E-state index in [4.69, 9.17) is 4.74 Å². The molecule has 2 aliphatic heterocycles. The lowest BCUT2D eigenvalue weighted by Gasteiger charge is -2.34. The Morgan fingerprint density at radius 3 is 2.92 bits per heavy atom. The lowest BCUT2D eigenvalue weighted by molar-refractivity contribution is 0.0900. The summed E-state index contributed by atoms with van der Waals surface area (Å²) >= 11 is 0. The maximum atomic E-state index is 12.7. The van der Waals surface area contributed by atoms with Crippen LogP contribution in [0.4, 0.5) is 0 Å². The van der Waals surface area contributed by atoms with Gasteiger partial charge in [-0.15, -0.1) is 0 Å². The highest BCUT2D eigenvalue weighted by Gasteiger charge is 2.34. The molecule has 2 fully saturated rings. The Morgan fingerprint density at radius 2 is 2.12 bits per heavy atom. The van der Waals surface area contributed by atoms with E-state index in [1.54, 1.807) is 12.4 Å². The summed E-state index contributed by atoms with van der Waals surface area (Å²) in [5.74, 6) is 0.718.